The lowest BCUT2D eigenvalue weighted by atomic mass is 10.1. The van der Waals surface area contributed by atoms with Crippen molar-refractivity contribution >= 4 is 62.3 Å². The number of aryl methyl sites for hydroxylation is 2. The van der Waals surface area contributed by atoms with Gasteiger partial charge in [0.15, 0.2) is 0 Å². The van der Waals surface area contributed by atoms with Crippen LogP contribution in [0.3, 0.4) is 0 Å². The van der Waals surface area contributed by atoms with Gasteiger partial charge in [0.25, 0.3) is 10.0 Å². The van der Waals surface area contributed by atoms with Gasteiger partial charge in [-0.2, -0.15) is 0 Å². The maximum absolute atomic E-state index is 14.2. The van der Waals surface area contributed by atoms with Crippen LogP contribution in [0.2, 0.25) is 15.1 Å². The first-order valence-electron chi connectivity index (χ1n) is 13.7. The molecule has 2 atom stereocenters. The molecular formula is C31H36Cl3N3O4S. The smallest absolute Gasteiger partial charge is 0.264 e. The lowest BCUT2D eigenvalue weighted by Gasteiger charge is -2.34. The van der Waals surface area contributed by atoms with Crippen molar-refractivity contribution in [2.45, 2.75) is 71.0 Å². The SMILES string of the molecule is CC[C@@H](C)NC(=O)[C@H](CC)N(Cc1c(Cl)cccc1Cl)C(=O)CN(c1ccc(C)c(Cl)c1)S(=O)(=O)c1ccc(C)cc1. The average molecular weight is 653 g/mol. The Kier molecular flexibility index (Phi) is 11.7. The fourth-order valence-electron chi connectivity index (χ4n) is 4.32. The highest BCUT2D eigenvalue weighted by atomic mass is 35.5. The zero-order valence-corrected chi connectivity index (χ0v) is 27.4. The summed E-state index contributed by atoms with van der Waals surface area (Å²) in [5.74, 6) is -0.959. The molecule has 0 heterocycles. The van der Waals surface area contributed by atoms with Crippen molar-refractivity contribution in [3.05, 3.63) is 92.4 Å². The van der Waals surface area contributed by atoms with Crippen LogP contribution >= 0.6 is 34.8 Å². The van der Waals surface area contributed by atoms with Crippen molar-refractivity contribution in [2.24, 2.45) is 0 Å². The van der Waals surface area contributed by atoms with Gasteiger partial charge in [0.2, 0.25) is 11.8 Å². The number of anilines is 1. The van der Waals surface area contributed by atoms with E-state index in [4.69, 9.17) is 34.8 Å². The van der Waals surface area contributed by atoms with E-state index in [2.05, 4.69) is 5.32 Å². The van der Waals surface area contributed by atoms with E-state index >= 15 is 0 Å². The minimum Gasteiger partial charge on any atom is -0.352 e. The van der Waals surface area contributed by atoms with Crippen LogP contribution in [0.5, 0.6) is 0 Å². The van der Waals surface area contributed by atoms with Gasteiger partial charge in [-0.1, -0.05) is 78.5 Å². The first kappa shape index (κ1) is 33.7. The molecule has 11 heteroatoms. The predicted octanol–water partition coefficient (Wildman–Crippen LogP) is 7.18. The summed E-state index contributed by atoms with van der Waals surface area (Å²) in [5.41, 5.74) is 2.31. The van der Waals surface area contributed by atoms with Gasteiger partial charge in [0.05, 0.1) is 10.6 Å². The van der Waals surface area contributed by atoms with Gasteiger partial charge in [0, 0.05) is 33.2 Å². The van der Waals surface area contributed by atoms with E-state index in [0.29, 0.717) is 27.1 Å². The number of hydrogen-bond acceptors (Lipinski definition) is 4. The van der Waals surface area contributed by atoms with Crippen molar-refractivity contribution in [2.75, 3.05) is 10.8 Å². The van der Waals surface area contributed by atoms with Crippen LogP contribution in [0.25, 0.3) is 0 Å². The standard InChI is InChI=1S/C31H36Cl3N3O4S/c1-6-22(5)35-31(39)29(7-2)36(18-25-26(32)9-8-10-27(25)33)30(38)19-37(23-14-13-21(4)28(34)17-23)42(40,41)24-15-11-20(3)12-16-24/h8-17,22,29H,6-7,18-19H2,1-5H3,(H,35,39)/t22-,29+/m1/s1. The molecule has 0 saturated carbocycles. The Morgan fingerprint density at radius 2 is 1.50 bits per heavy atom. The molecule has 2 amide bonds. The molecule has 3 aromatic carbocycles. The lowest BCUT2D eigenvalue weighted by Crippen LogP contribution is -2.53. The second-order valence-electron chi connectivity index (χ2n) is 10.2. The number of nitrogens with zero attached hydrogens (tertiary/aromatic N) is 2. The maximum atomic E-state index is 14.2. The molecule has 0 spiro atoms. The van der Waals surface area contributed by atoms with E-state index < -0.39 is 28.5 Å². The monoisotopic (exact) mass is 651 g/mol. The first-order chi connectivity index (χ1) is 19.8. The topological polar surface area (TPSA) is 86.8 Å². The number of benzene rings is 3. The fraction of sp³-hybridized carbons (Fsp3) is 0.355. The summed E-state index contributed by atoms with van der Waals surface area (Å²) >= 11 is 19.3. The molecule has 3 rings (SSSR count). The van der Waals surface area contributed by atoms with Crippen LogP contribution in [0.4, 0.5) is 5.69 Å². The number of sulfonamides is 1. The second kappa shape index (κ2) is 14.6. The van der Waals surface area contributed by atoms with Crippen LogP contribution in [0.1, 0.15) is 50.3 Å². The Morgan fingerprint density at radius 3 is 2.05 bits per heavy atom. The van der Waals surface area contributed by atoms with Crippen LogP contribution in [-0.2, 0) is 26.2 Å². The summed E-state index contributed by atoms with van der Waals surface area (Å²) in [5, 5.41) is 3.94. The van der Waals surface area contributed by atoms with Crippen LogP contribution in [0.15, 0.2) is 65.6 Å². The Morgan fingerprint density at radius 1 is 0.881 bits per heavy atom. The van der Waals surface area contributed by atoms with Gasteiger partial charge < -0.3 is 10.2 Å². The number of hydrogen-bond donors (Lipinski definition) is 1. The average Bonchev–Trinajstić information content (AvgIpc) is 2.94. The minimum atomic E-state index is -4.22. The first-order valence-corrected chi connectivity index (χ1v) is 16.3. The molecule has 0 aliphatic rings. The molecule has 0 aliphatic heterocycles. The molecule has 0 unspecified atom stereocenters. The zero-order chi connectivity index (χ0) is 31.2. The lowest BCUT2D eigenvalue weighted by molar-refractivity contribution is -0.140. The third kappa shape index (κ3) is 7.98. The summed E-state index contributed by atoms with van der Waals surface area (Å²) in [6.07, 6.45) is 0.973. The zero-order valence-electron chi connectivity index (χ0n) is 24.3. The van der Waals surface area contributed by atoms with E-state index in [1.807, 2.05) is 20.8 Å². The summed E-state index contributed by atoms with van der Waals surface area (Å²) in [7, 11) is -4.22. The van der Waals surface area contributed by atoms with Gasteiger partial charge in [-0.3, -0.25) is 13.9 Å². The number of carbonyl (C=O) groups excluding carboxylic acids is 2. The molecule has 0 radical (unpaired) electrons. The largest absolute Gasteiger partial charge is 0.352 e. The second-order valence-corrected chi connectivity index (χ2v) is 13.3. The van der Waals surface area contributed by atoms with E-state index in [1.54, 1.807) is 56.3 Å². The molecule has 0 saturated heterocycles. The minimum absolute atomic E-state index is 0.0138. The highest BCUT2D eigenvalue weighted by Gasteiger charge is 2.34. The molecule has 0 bridgehead atoms. The third-order valence-corrected chi connectivity index (χ3v) is 10.0. The van der Waals surface area contributed by atoms with E-state index in [0.717, 1.165) is 15.4 Å². The summed E-state index contributed by atoms with van der Waals surface area (Å²) < 4.78 is 29.0. The van der Waals surface area contributed by atoms with Crippen LogP contribution < -0.4 is 9.62 Å². The number of rotatable bonds is 12. The number of halogens is 3. The molecule has 3 aromatic rings. The van der Waals surface area contributed by atoms with Crippen molar-refractivity contribution in [1.82, 2.24) is 10.2 Å². The summed E-state index contributed by atoms with van der Waals surface area (Å²) in [6.45, 7) is 8.56. The highest BCUT2D eigenvalue weighted by molar-refractivity contribution is 7.92. The number of amides is 2. The molecule has 42 heavy (non-hydrogen) atoms. The van der Waals surface area contributed by atoms with Crippen molar-refractivity contribution in [1.29, 1.82) is 0 Å². The van der Waals surface area contributed by atoms with Gasteiger partial charge in [-0.25, -0.2) is 8.42 Å². The quantitative estimate of drug-likeness (QED) is 0.225. The van der Waals surface area contributed by atoms with Crippen LogP contribution in [0, 0.1) is 13.8 Å². The van der Waals surface area contributed by atoms with Gasteiger partial charge in [-0.15, -0.1) is 0 Å². The Balaban J connectivity index is 2.12. The molecular weight excluding hydrogens is 617 g/mol. The normalized spacial score (nSPS) is 12.9. The van der Waals surface area contributed by atoms with Gasteiger partial charge in [-0.05, 0) is 75.6 Å². The molecule has 0 aliphatic carbocycles. The molecule has 7 nitrogen and oxygen atoms in total. The summed E-state index contributed by atoms with van der Waals surface area (Å²) in [6, 6.07) is 15.1. The van der Waals surface area contributed by atoms with E-state index in [1.165, 1.54) is 23.1 Å². The molecule has 226 valence electrons. The number of carbonyl (C=O) groups is 2. The fourth-order valence-corrected chi connectivity index (χ4v) is 6.42. The third-order valence-electron chi connectivity index (χ3n) is 7.11. The Hall–Kier alpha value is -2.78. The molecule has 1 N–H and O–H groups in total. The van der Waals surface area contributed by atoms with Crippen molar-refractivity contribution in [3.63, 3.8) is 0 Å². The maximum Gasteiger partial charge on any atom is 0.264 e. The van der Waals surface area contributed by atoms with Crippen molar-refractivity contribution in [3.8, 4) is 0 Å². The molecule has 0 aromatic heterocycles. The summed E-state index contributed by atoms with van der Waals surface area (Å²) in [4.78, 5) is 29.0. The molecule has 0 fully saturated rings. The van der Waals surface area contributed by atoms with Crippen LogP contribution in [-0.4, -0.2) is 43.8 Å². The number of nitrogens with one attached hydrogen (secondary N) is 1. The Bertz CT molecular complexity index is 1510. The van der Waals surface area contributed by atoms with Gasteiger partial charge >= 0.3 is 0 Å². The van der Waals surface area contributed by atoms with Gasteiger partial charge in [0.1, 0.15) is 12.6 Å². The predicted molar refractivity (Wildman–Crippen MR) is 171 cm³/mol. The van der Waals surface area contributed by atoms with E-state index in [-0.39, 0.29) is 35.5 Å². The Labute approximate surface area is 263 Å². The highest BCUT2D eigenvalue weighted by Crippen LogP contribution is 2.30. The van der Waals surface area contributed by atoms with E-state index in [9.17, 15) is 18.0 Å². The van der Waals surface area contributed by atoms with Crippen molar-refractivity contribution < 1.29 is 18.0 Å².